The molecule has 0 heterocycles. The summed E-state index contributed by atoms with van der Waals surface area (Å²) in [7, 11) is 0. The van der Waals surface area contributed by atoms with Gasteiger partial charge in [0.25, 0.3) is 0 Å². The van der Waals surface area contributed by atoms with E-state index in [1.165, 1.54) is 193 Å². The number of rotatable bonds is 62. The number of carbonyl (C=O) groups excluding carboxylic acids is 3. The Balaban J connectivity index is 4.38. The van der Waals surface area contributed by atoms with Crippen molar-refractivity contribution in [3.05, 3.63) is 85.1 Å². The molecule has 0 aromatic rings. The minimum atomic E-state index is -0.785. The number of unbranched alkanes of at least 4 members (excludes halogenated alkanes) is 37. The number of hydrogen-bond acceptors (Lipinski definition) is 6. The van der Waals surface area contributed by atoms with E-state index in [0.717, 1.165) is 109 Å². The summed E-state index contributed by atoms with van der Waals surface area (Å²) in [5.41, 5.74) is 0. The summed E-state index contributed by atoms with van der Waals surface area (Å²) in [6, 6.07) is 0. The maximum Gasteiger partial charge on any atom is 0.306 e. The van der Waals surface area contributed by atoms with E-state index in [9.17, 15) is 14.4 Å². The third-order valence-corrected chi connectivity index (χ3v) is 14.9. The van der Waals surface area contributed by atoms with Crippen molar-refractivity contribution in [2.24, 2.45) is 0 Å². The van der Waals surface area contributed by atoms with Crippen molar-refractivity contribution < 1.29 is 28.6 Å². The van der Waals surface area contributed by atoms with E-state index in [-0.39, 0.29) is 31.1 Å². The van der Waals surface area contributed by atoms with Crippen LogP contribution in [-0.4, -0.2) is 37.2 Å². The second kappa shape index (κ2) is 67.1. The Kier molecular flexibility index (Phi) is 64.2. The van der Waals surface area contributed by atoms with Crippen LogP contribution in [0.2, 0.25) is 0 Å². The lowest BCUT2D eigenvalue weighted by atomic mass is 10.0. The first-order chi connectivity index (χ1) is 39.0. The topological polar surface area (TPSA) is 78.9 Å². The van der Waals surface area contributed by atoms with Gasteiger partial charge < -0.3 is 14.2 Å². The molecule has 0 aromatic heterocycles. The molecule has 79 heavy (non-hydrogen) atoms. The Morgan fingerprint density at radius 1 is 0.266 bits per heavy atom. The van der Waals surface area contributed by atoms with Crippen molar-refractivity contribution >= 4 is 17.9 Å². The van der Waals surface area contributed by atoms with Gasteiger partial charge in [-0.3, -0.25) is 14.4 Å². The van der Waals surface area contributed by atoms with Gasteiger partial charge in [0.2, 0.25) is 0 Å². The predicted octanol–water partition coefficient (Wildman–Crippen LogP) is 23.4. The van der Waals surface area contributed by atoms with Crippen LogP contribution in [0.5, 0.6) is 0 Å². The molecule has 0 fully saturated rings. The Hall–Kier alpha value is -3.41. The molecule has 0 spiro atoms. The lowest BCUT2D eigenvalue weighted by molar-refractivity contribution is -0.167. The van der Waals surface area contributed by atoms with E-state index in [2.05, 4.69) is 106 Å². The molecule has 6 nitrogen and oxygen atoms in total. The van der Waals surface area contributed by atoms with Crippen LogP contribution in [0.15, 0.2) is 85.1 Å². The van der Waals surface area contributed by atoms with Crippen molar-refractivity contribution in [2.45, 2.75) is 348 Å². The van der Waals surface area contributed by atoms with Crippen LogP contribution in [-0.2, 0) is 28.6 Å². The van der Waals surface area contributed by atoms with Gasteiger partial charge in [-0.2, -0.15) is 0 Å². The zero-order valence-electron chi connectivity index (χ0n) is 52.4. The number of ether oxygens (including phenoxy) is 3. The van der Waals surface area contributed by atoms with Gasteiger partial charge in [0.1, 0.15) is 13.2 Å². The van der Waals surface area contributed by atoms with Gasteiger partial charge >= 0.3 is 17.9 Å². The smallest absolute Gasteiger partial charge is 0.306 e. The normalized spacial score (nSPS) is 12.6. The van der Waals surface area contributed by atoms with Crippen molar-refractivity contribution in [1.29, 1.82) is 0 Å². The zero-order valence-corrected chi connectivity index (χ0v) is 52.4. The summed E-state index contributed by atoms with van der Waals surface area (Å²) in [6.07, 6.45) is 88.8. The third kappa shape index (κ3) is 65.3. The molecule has 0 radical (unpaired) electrons. The highest BCUT2D eigenvalue weighted by Crippen LogP contribution is 2.17. The van der Waals surface area contributed by atoms with Crippen molar-refractivity contribution in [3.8, 4) is 0 Å². The molecule has 0 saturated heterocycles. The average Bonchev–Trinajstić information content (AvgIpc) is 3.45. The summed E-state index contributed by atoms with van der Waals surface area (Å²) in [6.45, 7) is 6.54. The fourth-order valence-electron chi connectivity index (χ4n) is 9.80. The van der Waals surface area contributed by atoms with E-state index in [1.807, 2.05) is 0 Å². The molecule has 0 N–H and O–H groups in total. The molecule has 1 atom stereocenters. The van der Waals surface area contributed by atoms with E-state index in [0.29, 0.717) is 19.3 Å². The molecule has 456 valence electrons. The first-order valence-corrected chi connectivity index (χ1v) is 34.1. The van der Waals surface area contributed by atoms with Crippen LogP contribution >= 0.6 is 0 Å². The molecule has 0 saturated carbocycles. The number of esters is 3. The summed E-state index contributed by atoms with van der Waals surface area (Å²) in [4.78, 5) is 38.4. The Morgan fingerprint density at radius 3 is 0.797 bits per heavy atom. The van der Waals surface area contributed by atoms with Crippen molar-refractivity contribution in [1.82, 2.24) is 0 Å². The molecule has 6 heteroatoms. The first-order valence-electron chi connectivity index (χ1n) is 34.1. The predicted molar refractivity (Wildman–Crippen MR) is 344 cm³/mol. The van der Waals surface area contributed by atoms with Gasteiger partial charge in [0.05, 0.1) is 0 Å². The maximum atomic E-state index is 13.0. The Morgan fingerprint density at radius 2 is 0.494 bits per heavy atom. The highest BCUT2D eigenvalue weighted by Gasteiger charge is 2.19. The third-order valence-electron chi connectivity index (χ3n) is 14.9. The van der Waals surface area contributed by atoms with Crippen LogP contribution in [0.4, 0.5) is 0 Å². The van der Waals surface area contributed by atoms with E-state index in [1.54, 1.807) is 0 Å². The molecule has 0 aromatic carbocycles. The van der Waals surface area contributed by atoms with E-state index >= 15 is 0 Å². The summed E-state index contributed by atoms with van der Waals surface area (Å²) >= 11 is 0. The molecule has 1 unspecified atom stereocenters. The number of hydrogen-bond donors (Lipinski definition) is 0. The van der Waals surface area contributed by atoms with Gasteiger partial charge in [-0.15, -0.1) is 0 Å². The minimum Gasteiger partial charge on any atom is -0.462 e. The molecule has 0 aliphatic carbocycles. The van der Waals surface area contributed by atoms with Gasteiger partial charge in [-0.05, 0) is 96.3 Å². The highest BCUT2D eigenvalue weighted by molar-refractivity contribution is 5.71. The van der Waals surface area contributed by atoms with Gasteiger partial charge in [-0.25, -0.2) is 0 Å². The van der Waals surface area contributed by atoms with Crippen molar-refractivity contribution in [2.75, 3.05) is 13.2 Å². The zero-order chi connectivity index (χ0) is 57.1. The quantitative estimate of drug-likeness (QED) is 0.0261. The van der Waals surface area contributed by atoms with Crippen LogP contribution in [0, 0.1) is 0 Å². The van der Waals surface area contributed by atoms with Crippen LogP contribution in [0.3, 0.4) is 0 Å². The lowest BCUT2D eigenvalue weighted by Gasteiger charge is -2.18. The van der Waals surface area contributed by atoms with Gasteiger partial charge in [-0.1, -0.05) is 311 Å². The van der Waals surface area contributed by atoms with Gasteiger partial charge in [0.15, 0.2) is 6.10 Å². The van der Waals surface area contributed by atoms with E-state index < -0.39 is 6.10 Å². The number of allylic oxidation sites excluding steroid dienone is 14. The fraction of sp³-hybridized carbons (Fsp3) is 0.767. The molecule has 0 bridgehead atoms. The highest BCUT2D eigenvalue weighted by atomic mass is 16.6. The lowest BCUT2D eigenvalue weighted by Crippen LogP contribution is -2.30. The molecular formula is C73H128O6. The van der Waals surface area contributed by atoms with Gasteiger partial charge in [0, 0.05) is 19.3 Å². The summed E-state index contributed by atoms with van der Waals surface area (Å²) in [5.74, 6) is -0.881. The molecule has 0 amide bonds. The largest absolute Gasteiger partial charge is 0.462 e. The Bertz CT molecular complexity index is 1500. The standard InChI is InChI=1S/C73H128O6/c1-4-7-10-13-16-19-22-25-28-31-33-35-36-38-39-42-45-48-51-54-57-60-63-66-72(75)78-69-70(68-77-71(74)65-62-59-56-53-50-47-44-41-30-27-24-21-18-15-12-9-6-3)79-73(76)67-64-61-58-55-52-49-46-43-40-37-34-32-29-26-23-20-17-14-11-8-5-2/h7,10,16,18-19,21,25,27-28,30,33,35,38-39,70H,4-6,8-9,11-15,17,20,22-24,26,29,31-32,34,36-37,40-69H2,1-3H3/b10-7-,19-16-,21-18-,28-25-,30-27-,35-33-,39-38-. The van der Waals surface area contributed by atoms with Crippen LogP contribution in [0.25, 0.3) is 0 Å². The fourth-order valence-corrected chi connectivity index (χ4v) is 9.80. The second-order valence-corrected chi connectivity index (χ2v) is 22.7. The van der Waals surface area contributed by atoms with E-state index in [4.69, 9.17) is 14.2 Å². The minimum absolute atomic E-state index is 0.0814. The molecule has 0 rings (SSSR count). The molecule has 0 aliphatic heterocycles. The Labute approximate surface area is 490 Å². The maximum absolute atomic E-state index is 13.0. The second-order valence-electron chi connectivity index (χ2n) is 22.7. The molecule has 0 aliphatic rings. The average molecular weight is 1100 g/mol. The van der Waals surface area contributed by atoms with Crippen LogP contribution < -0.4 is 0 Å². The summed E-state index contributed by atoms with van der Waals surface area (Å²) in [5, 5.41) is 0. The number of carbonyl (C=O) groups is 3. The summed E-state index contributed by atoms with van der Waals surface area (Å²) < 4.78 is 17.0. The van der Waals surface area contributed by atoms with Crippen LogP contribution in [0.1, 0.15) is 342 Å². The first kappa shape index (κ1) is 75.6. The SMILES string of the molecule is CC/C=C\C/C=C\C/C=C\C/C=C\C/C=C\CCCCCCCCCC(=O)OCC(COC(=O)CCCCCCCCC/C=C\C/C=C\CCCCC)OC(=O)CCCCCCCCCCCCCCCCCCCCCCC. The van der Waals surface area contributed by atoms with Crippen molar-refractivity contribution in [3.63, 3.8) is 0 Å². The molecular weight excluding hydrogens is 973 g/mol. The monoisotopic (exact) mass is 1100 g/mol.